The number of carbonyl (C=O) groups is 2. The maximum Gasteiger partial charge on any atom is 0.325 e. The molecule has 2 aromatic carbocycles. The zero-order valence-corrected chi connectivity index (χ0v) is 16.5. The summed E-state index contributed by atoms with van der Waals surface area (Å²) >= 11 is 7.51. The van der Waals surface area contributed by atoms with E-state index < -0.39 is 0 Å². The zero-order valence-electron chi connectivity index (χ0n) is 14.9. The van der Waals surface area contributed by atoms with Gasteiger partial charge in [-0.25, -0.2) is 0 Å². The van der Waals surface area contributed by atoms with Crippen LogP contribution in [0.2, 0.25) is 5.02 Å². The van der Waals surface area contributed by atoms with Gasteiger partial charge in [-0.05, 0) is 42.0 Å². The van der Waals surface area contributed by atoms with E-state index in [4.69, 9.17) is 16.3 Å². The monoisotopic (exact) mass is 403 g/mol. The van der Waals surface area contributed by atoms with Crippen LogP contribution >= 0.6 is 23.4 Å². The van der Waals surface area contributed by atoms with E-state index in [0.717, 1.165) is 24.0 Å². The Hall–Kier alpha value is -1.98. The standard InChI is InChI=1S/C21H22ClNO3S/c22-18-10-8-17(9-11-18)21(16-4-2-1-3-5-16)27-14-19(24)23-12-20(25)26-13-15-6-7-15/h1-5,8-11,15,21H,6-7,12-14H2,(H,23,24). The first-order valence-corrected chi connectivity index (χ1v) is 10.4. The molecule has 0 heterocycles. The predicted octanol–water partition coefficient (Wildman–Crippen LogP) is 4.23. The highest BCUT2D eigenvalue weighted by Gasteiger charge is 2.23. The number of carbonyl (C=O) groups excluding carboxylic acids is 2. The molecule has 1 fully saturated rings. The summed E-state index contributed by atoms with van der Waals surface area (Å²) in [6, 6.07) is 17.7. The Morgan fingerprint density at radius 2 is 1.74 bits per heavy atom. The van der Waals surface area contributed by atoms with Crippen LogP contribution in [0.5, 0.6) is 0 Å². The van der Waals surface area contributed by atoms with Gasteiger partial charge in [0.15, 0.2) is 0 Å². The lowest BCUT2D eigenvalue weighted by molar-refractivity contribution is -0.144. The van der Waals surface area contributed by atoms with Gasteiger partial charge in [-0.2, -0.15) is 0 Å². The molecule has 1 atom stereocenters. The zero-order chi connectivity index (χ0) is 19.1. The van der Waals surface area contributed by atoms with Crippen LogP contribution in [0.4, 0.5) is 0 Å². The van der Waals surface area contributed by atoms with E-state index in [2.05, 4.69) is 5.32 Å². The number of ether oxygens (including phenoxy) is 1. The van der Waals surface area contributed by atoms with Crippen LogP contribution in [0, 0.1) is 5.92 Å². The fraction of sp³-hybridized carbons (Fsp3) is 0.333. The molecule has 142 valence electrons. The topological polar surface area (TPSA) is 55.4 Å². The third-order valence-corrected chi connectivity index (χ3v) is 5.82. The molecule has 0 bridgehead atoms. The predicted molar refractivity (Wildman–Crippen MR) is 109 cm³/mol. The van der Waals surface area contributed by atoms with Crippen molar-refractivity contribution in [3.05, 3.63) is 70.7 Å². The van der Waals surface area contributed by atoms with Crippen molar-refractivity contribution in [2.75, 3.05) is 18.9 Å². The molecule has 3 rings (SSSR count). The second-order valence-corrected chi connectivity index (χ2v) is 8.09. The number of hydrogen-bond acceptors (Lipinski definition) is 4. The third kappa shape index (κ3) is 6.60. The van der Waals surface area contributed by atoms with Gasteiger partial charge >= 0.3 is 5.97 Å². The molecule has 0 aliphatic heterocycles. The van der Waals surface area contributed by atoms with Crippen LogP contribution in [0.15, 0.2) is 54.6 Å². The van der Waals surface area contributed by atoms with E-state index in [0.29, 0.717) is 17.5 Å². The molecule has 0 saturated heterocycles. The summed E-state index contributed by atoms with van der Waals surface area (Å²) in [6.45, 7) is 0.388. The van der Waals surface area contributed by atoms with Gasteiger partial charge in [0.2, 0.25) is 5.91 Å². The number of esters is 1. The maximum atomic E-state index is 12.2. The highest BCUT2D eigenvalue weighted by molar-refractivity contribution is 8.00. The molecule has 4 nitrogen and oxygen atoms in total. The van der Waals surface area contributed by atoms with Crippen molar-refractivity contribution in [1.29, 1.82) is 0 Å². The molecule has 0 spiro atoms. The van der Waals surface area contributed by atoms with Crippen LogP contribution in [-0.2, 0) is 14.3 Å². The number of nitrogens with one attached hydrogen (secondary N) is 1. The number of amides is 1. The Morgan fingerprint density at radius 3 is 2.41 bits per heavy atom. The fourth-order valence-corrected chi connectivity index (χ4v) is 3.82. The third-order valence-electron chi connectivity index (χ3n) is 4.26. The van der Waals surface area contributed by atoms with Crippen molar-refractivity contribution in [1.82, 2.24) is 5.32 Å². The lowest BCUT2D eigenvalue weighted by Crippen LogP contribution is -2.32. The van der Waals surface area contributed by atoms with Crippen LogP contribution in [-0.4, -0.2) is 30.8 Å². The Morgan fingerprint density at radius 1 is 1.07 bits per heavy atom. The number of benzene rings is 2. The van der Waals surface area contributed by atoms with Crippen LogP contribution in [0.1, 0.15) is 29.2 Å². The molecule has 1 aliphatic rings. The van der Waals surface area contributed by atoms with Crippen molar-refractivity contribution in [2.24, 2.45) is 5.92 Å². The van der Waals surface area contributed by atoms with Crippen LogP contribution < -0.4 is 5.32 Å². The fourth-order valence-electron chi connectivity index (χ4n) is 2.58. The Labute approximate surface area is 168 Å². The minimum absolute atomic E-state index is 0.0102. The molecule has 1 unspecified atom stereocenters. The average Bonchev–Trinajstić information content (AvgIpc) is 3.51. The summed E-state index contributed by atoms with van der Waals surface area (Å²) in [5.41, 5.74) is 2.19. The molecule has 0 radical (unpaired) electrons. The number of hydrogen-bond donors (Lipinski definition) is 1. The molecule has 1 saturated carbocycles. The summed E-state index contributed by atoms with van der Waals surface area (Å²) < 4.78 is 5.12. The Bertz CT molecular complexity index is 763. The summed E-state index contributed by atoms with van der Waals surface area (Å²) in [7, 11) is 0. The molecular weight excluding hydrogens is 382 g/mol. The van der Waals surface area contributed by atoms with Gasteiger partial charge in [0.1, 0.15) is 6.54 Å². The minimum Gasteiger partial charge on any atom is -0.464 e. The van der Waals surface area contributed by atoms with E-state index >= 15 is 0 Å². The Balaban J connectivity index is 1.53. The van der Waals surface area contributed by atoms with Crippen molar-refractivity contribution in [3.8, 4) is 0 Å². The van der Waals surface area contributed by atoms with E-state index in [-0.39, 0.29) is 29.4 Å². The second kappa shape index (κ2) is 9.81. The molecule has 1 aliphatic carbocycles. The van der Waals surface area contributed by atoms with Gasteiger partial charge in [0.05, 0.1) is 17.6 Å². The highest BCUT2D eigenvalue weighted by atomic mass is 35.5. The first kappa shape index (κ1) is 19.8. The van der Waals surface area contributed by atoms with E-state index in [1.165, 1.54) is 11.8 Å². The summed E-state index contributed by atoms with van der Waals surface area (Å²) in [5.74, 6) is 0.208. The largest absolute Gasteiger partial charge is 0.464 e. The van der Waals surface area contributed by atoms with Gasteiger partial charge in [-0.3, -0.25) is 9.59 Å². The van der Waals surface area contributed by atoms with E-state index in [9.17, 15) is 9.59 Å². The van der Waals surface area contributed by atoms with Gasteiger partial charge < -0.3 is 10.1 Å². The lowest BCUT2D eigenvalue weighted by Gasteiger charge is -2.17. The lowest BCUT2D eigenvalue weighted by atomic mass is 10.0. The molecule has 6 heteroatoms. The van der Waals surface area contributed by atoms with Crippen molar-refractivity contribution < 1.29 is 14.3 Å². The molecular formula is C21H22ClNO3S. The number of thioether (sulfide) groups is 1. The average molecular weight is 404 g/mol. The smallest absolute Gasteiger partial charge is 0.325 e. The van der Waals surface area contributed by atoms with E-state index in [1.54, 1.807) is 0 Å². The van der Waals surface area contributed by atoms with Crippen molar-refractivity contribution in [2.45, 2.75) is 18.1 Å². The van der Waals surface area contributed by atoms with Gasteiger partial charge in [0, 0.05) is 5.02 Å². The molecule has 2 aromatic rings. The normalized spacial score (nSPS) is 14.4. The first-order chi connectivity index (χ1) is 13.1. The quantitative estimate of drug-likeness (QED) is 0.636. The van der Waals surface area contributed by atoms with E-state index in [1.807, 2.05) is 54.6 Å². The summed E-state index contributed by atoms with van der Waals surface area (Å²) in [6.07, 6.45) is 2.25. The van der Waals surface area contributed by atoms with Crippen LogP contribution in [0.25, 0.3) is 0 Å². The number of rotatable bonds is 9. The van der Waals surface area contributed by atoms with Crippen molar-refractivity contribution >= 4 is 35.2 Å². The minimum atomic E-state index is -0.377. The van der Waals surface area contributed by atoms with Crippen molar-refractivity contribution in [3.63, 3.8) is 0 Å². The maximum absolute atomic E-state index is 12.2. The molecule has 1 amide bonds. The van der Waals surface area contributed by atoms with Crippen LogP contribution in [0.3, 0.4) is 0 Å². The SMILES string of the molecule is O=C(CSC(c1ccccc1)c1ccc(Cl)cc1)NCC(=O)OCC1CC1. The Kier molecular flexibility index (Phi) is 7.18. The summed E-state index contributed by atoms with van der Waals surface area (Å²) in [5, 5.41) is 3.33. The van der Waals surface area contributed by atoms with Gasteiger partial charge in [0.25, 0.3) is 0 Å². The summed E-state index contributed by atoms with van der Waals surface area (Å²) in [4.78, 5) is 23.8. The molecule has 1 N–H and O–H groups in total. The second-order valence-electron chi connectivity index (χ2n) is 6.56. The van der Waals surface area contributed by atoms with Gasteiger partial charge in [-0.1, -0.05) is 54.1 Å². The molecule has 27 heavy (non-hydrogen) atoms. The van der Waals surface area contributed by atoms with Gasteiger partial charge in [-0.15, -0.1) is 11.8 Å². The molecule has 0 aromatic heterocycles. The number of halogens is 1. The first-order valence-electron chi connectivity index (χ1n) is 8.96. The highest BCUT2D eigenvalue weighted by Crippen LogP contribution is 2.35.